The van der Waals surface area contributed by atoms with Crippen LogP contribution in [-0.4, -0.2) is 54.9 Å². The maximum atomic E-state index is 13.4. The molecular weight excluding hydrogens is 436 g/mol. The number of nitrogens with one attached hydrogen (secondary N) is 1. The van der Waals surface area contributed by atoms with Gasteiger partial charge in [-0.1, -0.05) is 44.2 Å². The van der Waals surface area contributed by atoms with Crippen LogP contribution in [0.4, 0.5) is 0 Å². The van der Waals surface area contributed by atoms with Crippen LogP contribution < -0.4 is 10.4 Å². The maximum Gasteiger partial charge on any atom is 0.329 e. The topological polar surface area (TPSA) is 76.3 Å². The second-order valence-electron chi connectivity index (χ2n) is 10.1. The van der Waals surface area contributed by atoms with Crippen molar-refractivity contribution in [2.45, 2.75) is 70.9 Å². The van der Waals surface area contributed by atoms with Crippen LogP contribution in [0.25, 0.3) is 11.0 Å². The number of fused-ring (bicyclic) bond motifs is 1. The molecule has 7 nitrogen and oxygen atoms in total. The molecule has 2 fully saturated rings. The Labute approximate surface area is 198 Å². The Kier molecular flexibility index (Phi) is 7.97. The zero-order chi connectivity index (χ0) is 23.4. The lowest BCUT2D eigenvalue weighted by Crippen LogP contribution is -2.48. The number of para-hydroxylation sites is 2. The first kappa shape index (κ1) is 24.5. The molecule has 0 spiro atoms. The molecule has 1 saturated heterocycles. The summed E-state index contributed by atoms with van der Waals surface area (Å²) in [6.07, 6.45) is 11.4. The van der Waals surface area contributed by atoms with E-state index in [0.29, 0.717) is 13.1 Å². The minimum Gasteiger partial charge on any atom is -0.303 e. The third-order valence-electron chi connectivity index (χ3n) is 7.64. The lowest BCUT2D eigenvalue weighted by atomic mass is 9.88. The molecule has 1 aromatic heterocycles. The highest BCUT2D eigenvalue weighted by molar-refractivity contribution is 7.88. The normalized spacial score (nSPS) is 24.1. The summed E-state index contributed by atoms with van der Waals surface area (Å²) in [6.45, 7) is 5.85. The second-order valence-corrected chi connectivity index (χ2v) is 11.9. The molecule has 1 aliphatic carbocycles. The van der Waals surface area contributed by atoms with Crippen molar-refractivity contribution in [3.63, 3.8) is 0 Å². The van der Waals surface area contributed by atoms with Crippen molar-refractivity contribution < 1.29 is 8.42 Å². The van der Waals surface area contributed by atoms with Crippen LogP contribution in [0.15, 0.2) is 29.1 Å². The zero-order valence-electron chi connectivity index (χ0n) is 20.2. The van der Waals surface area contributed by atoms with Gasteiger partial charge in [0.2, 0.25) is 10.0 Å². The molecule has 0 amide bonds. The van der Waals surface area contributed by atoms with Crippen LogP contribution in [0, 0.1) is 11.8 Å². The number of aryl methyl sites for hydroxylation is 1. The van der Waals surface area contributed by atoms with E-state index in [1.807, 2.05) is 40.3 Å². The number of aromatic nitrogens is 2. The van der Waals surface area contributed by atoms with Crippen LogP contribution in [0.3, 0.4) is 0 Å². The molecule has 4 rings (SSSR count). The van der Waals surface area contributed by atoms with Crippen molar-refractivity contribution in [2.24, 2.45) is 11.8 Å². The third-order valence-corrected chi connectivity index (χ3v) is 8.33. The van der Waals surface area contributed by atoms with E-state index in [1.165, 1.54) is 51.2 Å². The van der Waals surface area contributed by atoms with Gasteiger partial charge in [0.05, 0.1) is 17.3 Å². The summed E-state index contributed by atoms with van der Waals surface area (Å²) in [5.41, 5.74) is 1.92. The minimum atomic E-state index is -3.30. The number of sulfonamides is 1. The quantitative estimate of drug-likeness (QED) is 0.663. The van der Waals surface area contributed by atoms with Gasteiger partial charge in [0, 0.05) is 44.7 Å². The van der Waals surface area contributed by atoms with Crippen molar-refractivity contribution in [3.8, 4) is 0 Å². The van der Waals surface area contributed by atoms with Gasteiger partial charge in [0.1, 0.15) is 0 Å². The summed E-state index contributed by atoms with van der Waals surface area (Å²) in [4.78, 5) is 15.9. The molecule has 1 N–H and O–H groups in total. The number of piperidine rings is 1. The average molecular weight is 477 g/mol. The van der Waals surface area contributed by atoms with Gasteiger partial charge in [-0.15, -0.1) is 0 Å². The van der Waals surface area contributed by atoms with E-state index < -0.39 is 10.0 Å². The van der Waals surface area contributed by atoms with Gasteiger partial charge < -0.3 is 4.90 Å². The third kappa shape index (κ3) is 5.89. The summed E-state index contributed by atoms with van der Waals surface area (Å²) in [7, 11) is -3.30. The van der Waals surface area contributed by atoms with Gasteiger partial charge in [-0.3, -0.25) is 9.13 Å². The van der Waals surface area contributed by atoms with Gasteiger partial charge in [0.25, 0.3) is 0 Å². The molecule has 1 aliphatic heterocycles. The molecular formula is C25H40N4O3S. The van der Waals surface area contributed by atoms with Crippen molar-refractivity contribution in [2.75, 3.05) is 32.4 Å². The predicted octanol–water partition coefficient (Wildman–Crippen LogP) is 3.60. The second kappa shape index (κ2) is 10.7. The Hall–Kier alpha value is -1.64. The predicted molar refractivity (Wildman–Crippen MR) is 134 cm³/mol. The molecule has 0 unspecified atom stereocenters. The number of hydrogen-bond acceptors (Lipinski definition) is 4. The number of imidazole rings is 1. The minimum absolute atomic E-state index is 0.0153. The lowest BCUT2D eigenvalue weighted by Gasteiger charge is -2.40. The van der Waals surface area contributed by atoms with E-state index >= 15 is 0 Å². The van der Waals surface area contributed by atoms with E-state index in [-0.39, 0.29) is 17.6 Å². The molecule has 0 bridgehead atoms. The van der Waals surface area contributed by atoms with Gasteiger partial charge in [-0.2, -0.15) is 0 Å². The Morgan fingerprint density at radius 3 is 2.33 bits per heavy atom. The van der Waals surface area contributed by atoms with Crippen molar-refractivity contribution in [1.82, 2.24) is 18.8 Å². The van der Waals surface area contributed by atoms with Crippen molar-refractivity contribution >= 4 is 21.1 Å². The number of likely N-dealkylation sites (tertiary alicyclic amines) is 1. The SMILES string of the molecule is CCn1c(=O)n([C@H]2CCN(CC3CCCCCCC3)C[C@H]2CNS(C)(=O)=O)c2ccccc21. The smallest absolute Gasteiger partial charge is 0.303 e. The van der Waals surface area contributed by atoms with Crippen LogP contribution in [-0.2, 0) is 16.6 Å². The van der Waals surface area contributed by atoms with Crippen LogP contribution in [0.1, 0.15) is 64.3 Å². The summed E-state index contributed by atoms with van der Waals surface area (Å²) in [6, 6.07) is 7.96. The molecule has 0 radical (unpaired) electrons. The first-order valence-electron chi connectivity index (χ1n) is 12.7. The molecule has 1 saturated carbocycles. The Morgan fingerprint density at radius 2 is 1.67 bits per heavy atom. The Balaban J connectivity index is 1.58. The van der Waals surface area contributed by atoms with Gasteiger partial charge in [0.15, 0.2) is 0 Å². The first-order valence-corrected chi connectivity index (χ1v) is 14.6. The van der Waals surface area contributed by atoms with E-state index in [1.54, 1.807) is 0 Å². The van der Waals surface area contributed by atoms with Crippen LogP contribution in [0.5, 0.6) is 0 Å². The van der Waals surface area contributed by atoms with Gasteiger partial charge in [-0.25, -0.2) is 17.9 Å². The highest BCUT2D eigenvalue weighted by atomic mass is 32.2. The molecule has 2 atom stereocenters. The standard InChI is InChI=1S/C25H40N4O3S/c1-3-28-23-13-9-10-14-24(23)29(25(28)30)22-15-16-27(19-21(22)17-26-33(2,31)32)18-20-11-7-5-4-6-8-12-20/h9-10,13-14,20-22,26H,3-8,11-12,15-19H2,1-2H3/t21-,22+/m1/s1. The van der Waals surface area contributed by atoms with Gasteiger partial charge in [-0.05, 0) is 44.2 Å². The monoisotopic (exact) mass is 476 g/mol. The molecule has 2 aromatic rings. The van der Waals surface area contributed by atoms with E-state index in [2.05, 4.69) is 9.62 Å². The summed E-state index contributed by atoms with van der Waals surface area (Å²) in [5, 5.41) is 0. The summed E-state index contributed by atoms with van der Waals surface area (Å²) >= 11 is 0. The molecule has 8 heteroatoms. The van der Waals surface area contributed by atoms with Crippen LogP contribution in [0.2, 0.25) is 0 Å². The molecule has 2 heterocycles. The number of rotatable bonds is 7. The highest BCUT2D eigenvalue weighted by Crippen LogP contribution is 2.32. The van der Waals surface area contributed by atoms with E-state index in [0.717, 1.165) is 43.0 Å². The largest absolute Gasteiger partial charge is 0.329 e. The fraction of sp³-hybridized carbons (Fsp3) is 0.720. The fourth-order valence-corrected chi connectivity index (χ4v) is 6.52. The molecule has 2 aliphatic rings. The summed E-state index contributed by atoms with van der Waals surface area (Å²) < 4.78 is 30.4. The van der Waals surface area contributed by atoms with Crippen molar-refractivity contribution in [1.29, 1.82) is 0 Å². The Morgan fingerprint density at radius 1 is 1.00 bits per heavy atom. The molecule has 184 valence electrons. The highest BCUT2D eigenvalue weighted by Gasteiger charge is 2.34. The summed E-state index contributed by atoms with van der Waals surface area (Å²) in [5.74, 6) is 0.783. The zero-order valence-corrected chi connectivity index (χ0v) is 21.0. The fourth-order valence-electron chi connectivity index (χ4n) is 6.01. The number of benzene rings is 1. The van der Waals surface area contributed by atoms with Crippen molar-refractivity contribution in [3.05, 3.63) is 34.7 Å². The number of nitrogens with zero attached hydrogens (tertiary/aromatic N) is 3. The first-order chi connectivity index (χ1) is 15.9. The Bertz CT molecular complexity index is 1080. The molecule has 33 heavy (non-hydrogen) atoms. The van der Waals surface area contributed by atoms with Gasteiger partial charge >= 0.3 is 5.69 Å². The lowest BCUT2D eigenvalue weighted by molar-refractivity contribution is 0.103. The number of hydrogen-bond donors (Lipinski definition) is 1. The molecule has 1 aromatic carbocycles. The average Bonchev–Trinajstić information content (AvgIpc) is 3.04. The van der Waals surface area contributed by atoms with Crippen LogP contribution >= 0.6 is 0 Å². The maximum absolute atomic E-state index is 13.4. The van der Waals surface area contributed by atoms with E-state index in [4.69, 9.17) is 0 Å². The van der Waals surface area contributed by atoms with E-state index in [9.17, 15) is 13.2 Å².